The Morgan fingerprint density at radius 2 is 1.92 bits per heavy atom. The second-order valence-corrected chi connectivity index (χ2v) is 6.47. The van der Waals surface area contributed by atoms with Crippen molar-refractivity contribution in [2.24, 2.45) is 5.73 Å². The van der Waals surface area contributed by atoms with Gasteiger partial charge in [-0.2, -0.15) is 0 Å². The fraction of sp³-hybridized carbons (Fsp3) is 0.133. The standard InChI is InChI=1S/C15H17N3O5S/c1-22-10-5-6-13(16)14(8-10)18-24(20,21)12-4-2-3-11(7-12)23-9-15(17)19/h2-8,18H,9,16H2,1H3,(H2,17,19). The van der Waals surface area contributed by atoms with Gasteiger partial charge in [0.1, 0.15) is 11.5 Å². The Morgan fingerprint density at radius 1 is 1.17 bits per heavy atom. The van der Waals surface area contributed by atoms with E-state index in [2.05, 4.69) is 4.72 Å². The van der Waals surface area contributed by atoms with Crippen LogP contribution in [-0.2, 0) is 14.8 Å². The number of methoxy groups -OCH3 is 1. The molecule has 0 atom stereocenters. The van der Waals surface area contributed by atoms with Gasteiger partial charge in [-0.3, -0.25) is 9.52 Å². The molecule has 0 spiro atoms. The number of hydrogen-bond acceptors (Lipinski definition) is 6. The van der Waals surface area contributed by atoms with E-state index in [1.807, 2.05) is 0 Å². The maximum atomic E-state index is 12.5. The maximum absolute atomic E-state index is 12.5. The van der Waals surface area contributed by atoms with Crippen molar-refractivity contribution < 1.29 is 22.7 Å². The molecule has 5 N–H and O–H groups in total. The average Bonchev–Trinajstić information content (AvgIpc) is 2.55. The highest BCUT2D eigenvalue weighted by molar-refractivity contribution is 7.92. The van der Waals surface area contributed by atoms with Gasteiger partial charge >= 0.3 is 0 Å². The molecule has 0 bridgehead atoms. The Hall–Kier alpha value is -2.94. The number of carbonyl (C=O) groups is 1. The summed E-state index contributed by atoms with van der Waals surface area (Å²) in [5.74, 6) is 0.00118. The van der Waals surface area contributed by atoms with Crippen molar-refractivity contribution in [3.8, 4) is 11.5 Å². The van der Waals surface area contributed by atoms with Gasteiger partial charge in [0, 0.05) is 12.1 Å². The molecule has 0 aliphatic heterocycles. The van der Waals surface area contributed by atoms with Crippen LogP contribution in [0.4, 0.5) is 11.4 Å². The van der Waals surface area contributed by atoms with E-state index in [0.717, 1.165) is 0 Å². The summed E-state index contributed by atoms with van der Waals surface area (Å²) in [6, 6.07) is 10.3. The lowest BCUT2D eigenvalue weighted by Gasteiger charge is -2.12. The molecule has 0 heterocycles. The number of primary amides is 1. The molecule has 0 aliphatic carbocycles. The molecule has 8 nitrogen and oxygen atoms in total. The molecule has 2 rings (SSSR count). The Bertz CT molecular complexity index is 852. The quantitative estimate of drug-likeness (QED) is 0.636. The first-order valence-corrected chi connectivity index (χ1v) is 8.27. The van der Waals surface area contributed by atoms with E-state index in [1.54, 1.807) is 6.07 Å². The minimum absolute atomic E-state index is 0.0494. The molecule has 0 saturated carbocycles. The van der Waals surface area contributed by atoms with Gasteiger partial charge in [-0.05, 0) is 24.3 Å². The summed E-state index contributed by atoms with van der Waals surface area (Å²) in [5.41, 5.74) is 11.2. The molecule has 0 saturated heterocycles. The van der Waals surface area contributed by atoms with E-state index >= 15 is 0 Å². The second kappa shape index (κ2) is 7.09. The van der Waals surface area contributed by atoms with Gasteiger partial charge in [0.2, 0.25) is 0 Å². The largest absolute Gasteiger partial charge is 0.497 e. The summed E-state index contributed by atoms with van der Waals surface area (Å²) in [4.78, 5) is 10.7. The molecule has 0 radical (unpaired) electrons. The molecule has 128 valence electrons. The van der Waals surface area contributed by atoms with Gasteiger partial charge in [0.15, 0.2) is 6.61 Å². The van der Waals surface area contributed by atoms with E-state index < -0.39 is 15.9 Å². The number of ether oxygens (including phenoxy) is 2. The number of nitrogens with one attached hydrogen (secondary N) is 1. The number of rotatable bonds is 7. The predicted molar refractivity (Wildman–Crippen MR) is 89.3 cm³/mol. The predicted octanol–water partition coefficient (Wildman–Crippen LogP) is 0.942. The molecule has 0 fully saturated rings. The third kappa shape index (κ3) is 4.29. The first kappa shape index (κ1) is 17.4. The molecule has 0 unspecified atom stereocenters. The van der Waals surface area contributed by atoms with E-state index in [-0.39, 0.29) is 28.6 Å². The topological polar surface area (TPSA) is 134 Å². The van der Waals surface area contributed by atoms with Gasteiger partial charge < -0.3 is 20.9 Å². The Morgan fingerprint density at radius 3 is 2.58 bits per heavy atom. The molecular formula is C15H17N3O5S. The van der Waals surface area contributed by atoms with Crippen LogP contribution in [0.25, 0.3) is 0 Å². The number of carbonyl (C=O) groups excluding carboxylic acids is 1. The van der Waals surface area contributed by atoms with Crippen molar-refractivity contribution in [3.63, 3.8) is 0 Å². The van der Waals surface area contributed by atoms with Gasteiger partial charge in [-0.1, -0.05) is 6.07 Å². The zero-order chi connectivity index (χ0) is 17.7. The number of amides is 1. The van der Waals surface area contributed by atoms with Crippen LogP contribution in [0.3, 0.4) is 0 Å². The van der Waals surface area contributed by atoms with Crippen molar-refractivity contribution in [1.29, 1.82) is 0 Å². The lowest BCUT2D eigenvalue weighted by Crippen LogP contribution is -2.20. The van der Waals surface area contributed by atoms with Crippen LogP contribution < -0.4 is 25.7 Å². The van der Waals surface area contributed by atoms with Crippen LogP contribution >= 0.6 is 0 Å². The highest BCUT2D eigenvalue weighted by atomic mass is 32.2. The fourth-order valence-electron chi connectivity index (χ4n) is 1.84. The van der Waals surface area contributed by atoms with Crippen molar-refractivity contribution in [2.45, 2.75) is 4.90 Å². The van der Waals surface area contributed by atoms with Gasteiger partial charge in [0.05, 0.1) is 23.4 Å². The monoisotopic (exact) mass is 351 g/mol. The summed E-state index contributed by atoms with van der Waals surface area (Å²) >= 11 is 0. The molecule has 1 amide bonds. The van der Waals surface area contributed by atoms with Crippen molar-refractivity contribution >= 4 is 27.3 Å². The zero-order valence-corrected chi connectivity index (χ0v) is 13.7. The minimum Gasteiger partial charge on any atom is -0.497 e. The third-order valence-electron chi connectivity index (χ3n) is 3.00. The summed E-state index contributed by atoms with van der Waals surface area (Å²) in [7, 11) is -2.44. The molecule has 0 aliphatic rings. The van der Waals surface area contributed by atoms with Gasteiger partial charge in [0.25, 0.3) is 15.9 Å². The second-order valence-electron chi connectivity index (χ2n) is 4.79. The normalized spacial score (nSPS) is 10.9. The van der Waals surface area contributed by atoms with Crippen molar-refractivity contribution in [3.05, 3.63) is 42.5 Å². The molecule has 24 heavy (non-hydrogen) atoms. The molecule has 2 aromatic carbocycles. The minimum atomic E-state index is -3.90. The lowest BCUT2D eigenvalue weighted by molar-refractivity contribution is -0.119. The van der Waals surface area contributed by atoms with Crippen LogP contribution in [0.15, 0.2) is 47.4 Å². The molecular weight excluding hydrogens is 334 g/mol. The lowest BCUT2D eigenvalue weighted by atomic mass is 10.2. The summed E-state index contributed by atoms with van der Waals surface area (Å²) in [5, 5.41) is 0. The van der Waals surface area contributed by atoms with Crippen molar-refractivity contribution in [2.75, 3.05) is 24.2 Å². The SMILES string of the molecule is COc1ccc(N)c(NS(=O)(=O)c2cccc(OCC(N)=O)c2)c1. The summed E-state index contributed by atoms with van der Waals surface area (Å²) < 4.78 is 37.5. The number of sulfonamides is 1. The van der Waals surface area contributed by atoms with E-state index in [9.17, 15) is 13.2 Å². The fourth-order valence-corrected chi connectivity index (χ4v) is 2.95. The highest BCUT2D eigenvalue weighted by Crippen LogP contribution is 2.27. The van der Waals surface area contributed by atoms with Gasteiger partial charge in [-0.25, -0.2) is 8.42 Å². The first-order valence-electron chi connectivity index (χ1n) is 6.79. The van der Waals surface area contributed by atoms with Crippen LogP contribution in [0.5, 0.6) is 11.5 Å². The average molecular weight is 351 g/mol. The molecule has 0 aromatic heterocycles. The molecule has 2 aromatic rings. The Labute approximate surface area is 139 Å². The Kier molecular flexibility index (Phi) is 5.14. The Balaban J connectivity index is 2.27. The highest BCUT2D eigenvalue weighted by Gasteiger charge is 2.17. The van der Waals surface area contributed by atoms with E-state index in [0.29, 0.717) is 5.75 Å². The van der Waals surface area contributed by atoms with Crippen LogP contribution in [0, 0.1) is 0 Å². The number of nitrogen functional groups attached to an aromatic ring is 1. The van der Waals surface area contributed by atoms with Gasteiger partial charge in [-0.15, -0.1) is 0 Å². The number of anilines is 2. The summed E-state index contributed by atoms with van der Waals surface area (Å²) in [6.07, 6.45) is 0. The van der Waals surface area contributed by atoms with Crippen LogP contribution in [-0.4, -0.2) is 28.0 Å². The molecule has 9 heteroatoms. The summed E-state index contributed by atoms with van der Waals surface area (Å²) in [6.45, 7) is -0.347. The number of nitrogens with two attached hydrogens (primary N) is 2. The van der Waals surface area contributed by atoms with Crippen molar-refractivity contribution in [1.82, 2.24) is 0 Å². The first-order chi connectivity index (χ1) is 11.3. The van der Waals surface area contributed by atoms with Crippen LogP contribution in [0.2, 0.25) is 0 Å². The van der Waals surface area contributed by atoms with Crippen LogP contribution in [0.1, 0.15) is 0 Å². The van der Waals surface area contributed by atoms with E-state index in [1.165, 1.54) is 43.5 Å². The zero-order valence-electron chi connectivity index (χ0n) is 12.9. The smallest absolute Gasteiger partial charge is 0.262 e. The number of hydrogen-bond donors (Lipinski definition) is 3. The number of benzene rings is 2. The third-order valence-corrected chi connectivity index (χ3v) is 4.36. The van der Waals surface area contributed by atoms with E-state index in [4.69, 9.17) is 20.9 Å². The maximum Gasteiger partial charge on any atom is 0.262 e.